The number of nitrogens with zero attached hydrogens (tertiary/aromatic N) is 1. The zero-order valence-electron chi connectivity index (χ0n) is 16.8. The maximum absolute atomic E-state index is 12.6. The molecule has 0 fully saturated rings. The zero-order chi connectivity index (χ0) is 20.9. The van der Waals surface area contributed by atoms with Crippen molar-refractivity contribution in [3.63, 3.8) is 0 Å². The van der Waals surface area contributed by atoms with E-state index in [9.17, 15) is 9.59 Å². The van der Waals surface area contributed by atoms with E-state index >= 15 is 0 Å². The van der Waals surface area contributed by atoms with Crippen molar-refractivity contribution < 1.29 is 19.1 Å². The van der Waals surface area contributed by atoms with Crippen molar-refractivity contribution >= 4 is 17.6 Å². The molecule has 3 aromatic carbocycles. The molecule has 1 aliphatic rings. The molecule has 0 aliphatic carbocycles. The third-order valence-electron chi connectivity index (χ3n) is 5.15. The average Bonchev–Trinajstić information content (AvgIpc) is 3.12. The Balaban J connectivity index is 1.27. The van der Waals surface area contributed by atoms with Gasteiger partial charge in [0.15, 0.2) is 13.2 Å². The lowest BCUT2D eigenvalue weighted by molar-refractivity contribution is -0.149. The fourth-order valence-electron chi connectivity index (χ4n) is 3.72. The van der Waals surface area contributed by atoms with Gasteiger partial charge in [-0.3, -0.25) is 4.79 Å². The van der Waals surface area contributed by atoms with Crippen molar-refractivity contribution in [3.05, 3.63) is 84.4 Å². The SMILES string of the molecule is CC1Cc2ccccc2N1C(=O)COC(=O)COc1ccc(-c2ccccc2)cc1. The van der Waals surface area contributed by atoms with Gasteiger partial charge in [0.1, 0.15) is 5.75 Å². The van der Waals surface area contributed by atoms with Gasteiger partial charge in [0, 0.05) is 11.7 Å². The van der Waals surface area contributed by atoms with E-state index in [2.05, 4.69) is 0 Å². The molecule has 0 aromatic heterocycles. The number of anilines is 1. The molecule has 3 aromatic rings. The summed E-state index contributed by atoms with van der Waals surface area (Å²) in [4.78, 5) is 26.3. The molecule has 0 saturated heterocycles. The first kappa shape index (κ1) is 19.7. The second-order valence-electron chi connectivity index (χ2n) is 7.29. The largest absolute Gasteiger partial charge is 0.482 e. The monoisotopic (exact) mass is 401 g/mol. The summed E-state index contributed by atoms with van der Waals surface area (Å²) < 4.78 is 10.6. The Morgan fingerprint density at radius 1 is 0.867 bits per heavy atom. The van der Waals surface area contributed by atoms with E-state index in [1.54, 1.807) is 4.90 Å². The van der Waals surface area contributed by atoms with Gasteiger partial charge < -0.3 is 14.4 Å². The Bertz CT molecular complexity index is 1030. The second-order valence-corrected chi connectivity index (χ2v) is 7.29. The maximum Gasteiger partial charge on any atom is 0.344 e. The standard InChI is InChI=1S/C25H23NO4/c1-18-15-21-9-5-6-10-23(21)26(18)24(27)16-30-25(28)17-29-22-13-11-20(12-14-22)19-7-3-2-4-8-19/h2-14,18H,15-17H2,1H3. The number of carbonyl (C=O) groups excluding carboxylic acids is 2. The number of hydrogen-bond donors (Lipinski definition) is 0. The van der Waals surface area contributed by atoms with Crippen molar-refractivity contribution in [2.24, 2.45) is 0 Å². The van der Waals surface area contributed by atoms with Crippen molar-refractivity contribution in [3.8, 4) is 16.9 Å². The van der Waals surface area contributed by atoms with Crippen molar-refractivity contribution in [1.29, 1.82) is 0 Å². The topological polar surface area (TPSA) is 55.8 Å². The van der Waals surface area contributed by atoms with Crippen LogP contribution in [-0.2, 0) is 20.7 Å². The van der Waals surface area contributed by atoms with Crippen LogP contribution >= 0.6 is 0 Å². The maximum atomic E-state index is 12.6. The molecule has 0 radical (unpaired) electrons. The summed E-state index contributed by atoms with van der Waals surface area (Å²) in [6.45, 7) is 1.44. The number of amides is 1. The molecular weight excluding hydrogens is 378 g/mol. The molecule has 1 atom stereocenters. The number of esters is 1. The third-order valence-corrected chi connectivity index (χ3v) is 5.15. The third kappa shape index (κ3) is 4.35. The Morgan fingerprint density at radius 3 is 2.30 bits per heavy atom. The number of para-hydroxylation sites is 1. The van der Waals surface area contributed by atoms with Crippen molar-refractivity contribution in [1.82, 2.24) is 0 Å². The van der Waals surface area contributed by atoms with Gasteiger partial charge in [-0.05, 0) is 48.2 Å². The van der Waals surface area contributed by atoms with Gasteiger partial charge in [-0.1, -0.05) is 60.7 Å². The summed E-state index contributed by atoms with van der Waals surface area (Å²) in [5.41, 5.74) is 4.20. The highest BCUT2D eigenvalue weighted by atomic mass is 16.6. The smallest absolute Gasteiger partial charge is 0.344 e. The fraction of sp³-hybridized carbons (Fsp3) is 0.200. The molecule has 152 valence electrons. The predicted octanol–water partition coefficient (Wildman–Crippen LogP) is 4.25. The van der Waals surface area contributed by atoms with Gasteiger partial charge >= 0.3 is 5.97 Å². The molecule has 5 nitrogen and oxygen atoms in total. The highest BCUT2D eigenvalue weighted by Crippen LogP contribution is 2.31. The van der Waals surface area contributed by atoms with E-state index in [0.29, 0.717) is 5.75 Å². The van der Waals surface area contributed by atoms with Gasteiger partial charge in [-0.15, -0.1) is 0 Å². The molecule has 0 saturated carbocycles. The van der Waals surface area contributed by atoms with E-state index in [1.807, 2.05) is 85.8 Å². The number of benzene rings is 3. The summed E-state index contributed by atoms with van der Waals surface area (Å²) in [5, 5.41) is 0. The van der Waals surface area contributed by atoms with Crippen LogP contribution in [0, 0.1) is 0 Å². The van der Waals surface area contributed by atoms with E-state index in [1.165, 1.54) is 0 Å². The van der Waals surface area contributed by atoms with E-state index in [-0.39, 0.29) is 25.2 Å². The van der Waals surface area contributed by atoms with Gasteiger partial charge in [0.25, 0.3) is 5.91 Å². The summed E-state index contributed by atoms with van der Waals surface area (Å²) in [5.74, 6) is -0.233. The van der Waals surface area contributed by atoms with Gasteiger partial charge in [-0.2, -0.15) is 0 Å². The molecule has 0 N–H and O–H groups in total. The first-order valence-corrected chi connectivity index (χ1v) is 9.95. The lowest BCUT2D eigenvalue weighted by Gasteiger charge is -2.22. The fourth-order valence-corrected chi connectivity index (χ4v) is 3.72. The Kier molecular flexibility index (Phi) is 5.80. The molecular formula is C25H23NO4. The van der Waals surface area contributed by atoms with Gasteiger partial charge in [0.05, 0.1) is 0 Å². The number of ether oxygens (including phenoxy) is 2. The Labute approximate surface area is 175 Å². The molecule has 1 heterocycles. The van der Waals surface area contributed by atoms with Crippen LogP contribution in [0.15, 0.2) is 78.9 Å². The van der Waals surface area contributed by atoms with E-state index in [4.69, 9.17) is 9.47 Å². The molecule has 5 heteroatoms. The zero-order valence-corrected chi connectivity index (χ0v) is 16.8. The van der Waals surface area contributed by atoms with Crippen LogP contribution in [0.4, 0.5) is 5.69 Å². The van der Waals surface area contributed by atoms with Crippen LogP contribution in [0.1, 0.15) is 12.5 Å². The van der Waals surface area contributed by atoms with Crippen LogP contribution < -0.4 is 9.64 Å². The summed E-state index contributed by atoms with van der Waals surface area (Å²) >= 11 is 0. The first-order chi connectivity index (χ1) is 14.6. The highest BCUT2D eigenvalue weighted by Gasteiger charge is 2.30. The normalized spacial score (nSPS) is 14.8. The minimum atomic E-state index is -0.573. The number of rotatable bonds is 6. The van der Waals surface area contributed by atoms with Gasteiger partial charge in [0.2, 0.25) is 0 Å². The van der Waals surface area contributed by atoms with Crippen LogP contribution in [0.3, 0.4) is 0 Å². The minimum Gasteiger partial charge on any atom is -0.482 e. The number of fused-ring (bicyclic) bond motifs is 1. The summed E-state index contributed by atoms with van der Waals surface area (Å²) in [6, 6.07) is 25.3. The van der Waals surface area contributed by atoms with Crippen LogP contribution in [0.25, 0.3) is 11.1 Å². The average molecular weight is 401 g/mol. The molecule has 1 aliphatic heterocycles. The molecule has 4 rings (SSSR count). The Morgan fingerprint density at radius 2 is 1.53 bits per heavy atom. The predicted molar refractivity (Wildman–Crippen MR) is 115 cm³/mol. The van der Waals surface area contributed by atoms with Crippen LogP contribution in [-0.4, -0.2) is 31.1 Å². The minimum absolute atomic E-state index is 0.0491. The van der Waals surface area contributed by atoms with Gasteiger partial charge in [-0.25, -0.2) is 4.79 Å². The lowest BCUT2D eigenvalue weighted by Crippen LogP contribution is -2.39. The van der Waals surface area contributed by atoms with Crippen molar-refractivity contribution in [2.45, 2.75) is 19.4 Å². The van der Waals surface area contributed by atoms with Crippen LogP contribution in [0.5, 0.6) is 5.75 Å². The van der Waals surface area contributed by atoms with Crippen molar-refractivity contribution in [2.75, 3.05) is 18.1 Å². The lowest BCUT2D eigenvalue weighted by atomic mass is 10.1. The van der Waals surface area contributed by atoms with E-state index < -0.39 is 5.97 Å². The number of carbonyl (C=O) groups is 2. The summed E-state index contributed by atoms with van der Waals surface area (Å²) in [7, 11) is 0. The quantitative estimate of drug-likeness (QED) is 0.580. The van der Waals surface area contributed by atoms with Crippen LogP contribution in [0.2, 0.25) is 0 Å². The second kappa shape index (κ2) is 8.82. The first-order valence-electron chi connectivity index (χ1n) is 9.95. The highest BCUT2D eigenvalue weighted by molar-refractivity contribution is 5.97. The molecule has 0 spiro atoms. The molecule has 0 bridgehead atoms. The Hall–Kier alpha value is -3.60. The molecule has 1 amide bonds. The van der Waals surface area contributed by atoms with E-state index in [0.717, 1.165) is 28.8 Å². The number of hydrogen-bond acceptors (Lipinski definition) is 4. The summed E-state index contributed by atoms with van der Waals surface area (Å²) in [6.07, 6.45) is 0.804. The molecule has 30 heavy (non-hydrogen) atoms. The molecule has 1 unspecified atom stereocenters.